The Labute approximate surface area is 309 Å². The standard InChI is InChI=1S/C43H27N3O/c1-3-10-28(11-4-1)33-23-20-30-14-9-16-37(38(30)26-33)43-45-41(31-12-5-2-6-13-31)44-42(46-43)32-21-18-29(19-22-32)34-24-25-36-35-15-7-8-17-39(35)47-40(36)27-34/h1-27H/i1D,2D,3D,4D,5D,6D,7D,8D,9D,10D,11D,12D,13D,14D,15D,16D,17D,18D,19D,20D,21D,22D,23D,24D,25D,26D,27D. The van der Waals surface area contributed by atoms with Crippen LogP contribution in [-0.2, 0) is 0 Å². The second kappa shape index (κ2) is 11.2. The highest BCUT2D eigenvalue weighted by Gasteiger charge is 2.15. The lowest BCUT2D eigenvalue weighted by Gasteiger charge is -2.12. The largest absolute Gasteiger partial charge is 0.456 e. The molecule has 0 spiro atoms. The Morgan fingerprint density at radius 2 is 0.915 bits per heavy atom. The SMILES string of the molecule is [2H]c1c([2H])c([2H])c(-c2nc(-c3c([2H])c([2H])c(-c4c([2H])c([2H])c5c(oc6c([2H])c([2H])c([2H])c([2H])c65)c4[2H])c([2H])c3[2H])nc(-c3c([2H])c([2H])c([2H])c4c([2H])c([2H])c(-c5c([2H])c([2H])c([2H])c([2H])c5[2H])c([2H])c34)n2)c([2H])c1[2H]. The normalized spacial score (nSPS) is 19.4. The fourth-order valence-electron chi connectivity index (χ4n) is 4.62. The van der Waals surface area contributed by atoms with Crippen molar-refractivity contribution in [3.8, 4) is 56.4 Å². The van der Waals surface area contributed by atoms with Crippen molar-refractivity contribution in [1.29, 1.82) is 0 Å². The number of fused-ring (bicyclic) bond motifs is 4. The van der Waals surface area contributed by atoms with Crippen LogP contribution in [0.4, 0.5) is 0 Å². The lowest BCUT2D eigenvalue weighted by atomic mass is 9.98. The molecule has 0 aliphatic heterocycles. The molecule has 0 atom stereocenters. The number of furan rings is 1. The van der Waals surface area contributed by atoms with Crippen molar-refractivity contribution in [2.24, 2.45) is 0 Å². The maximum Gasteiger partial charge on any atom is 0.164 e. The minimum atomic E-state index is -1.05. The molecule has 0 amide bonds. The molecule has 4 nitrogen and oxygen atoms in total. The van der Waals surface area contributed by atoms with Crippen LogP contribution in [0.15, 0.2) is 168 Å². The van der Waals surface area contributed by atoms with Gasteiger partial charge in [0.15, 0.2) is 17.5 Å². The molecule has 47 heavy (non-hydrogen) atoms. The summed E-state index contributed by atoms with van der Waals surface area (Å²) in [6.45, 7) is 0. The van der Waals surface area contributed by atoms with E-state index in [-0.39, 0.29) is 10.8 Å². The van der Waals surface area contributed by atoms with Gasteiger partial charge in [0.25, 0.3) is 0 Å². The minimum absolute atomic E-state index is 0.333. The van der Waals surface area contributed by atoms with Gasteiger partial charge >= 0.3 is 0 Å². The number of benzene rings is 7. The van der Waals surface area contributed by atoms with Gasteiger partial charge in [-0.2, -0.15) is 0 Å². The van der Waals surface area contributed by atoms with E-state index in [0.29, 0.717) is 0 Å². The van der Waals surface area contributed by atoms with Crippen molar-refractivity contribution in [3.63, 3.8) is 0 Å². The molecule has 0 bridgehead atoms. The molecule has 2 aromatic heterocycles. The third kappa shape index (κ3) is 4.93. The van der Waals surface area contributed by atoms with Crippen LogP contribution < -0.4 is 0 Å². The quantitative estimate of drug-likeness (QED) is 0.190. The van der Waals surface area contributed by atoms with Gasteiger partial charge in [-0.05, 0) is 57.2 Å². The van der Waals surface area contributed by atoms with Crippen molar-refractivity contribution in [1.82, 2.24) is 15.0 Å². The Kier molecular flexibility index (Phi) is 2.66. The van der Waals surface area contributed by atoms with Crippen molar-refractivity contribution in [2.75, 3.05) is 0 Å². The molecule has 0 fully saturated rings. The zero-order chi connectivity index (χ0) is 54.7. The van der Waals surface area contributed by atoms with Gasteiger partial charge in [0.05, 0.1) is 37.0 Å². The van der Waals surface area contributed by atoms with E-state index >= 15 is 0 Å². The molecule has 9 rings (SSSR count). The lowest BCUT2D eigenvalue weighted by molar-refractivity contribution is 0.669. The fourth-order valence-corrected chi connectivity index (χ4v) is 4.62. The summed E-state index contributed by atoms with van der Waals surface area (Å²) in [4.78, 5) is 12.9. The third-order valence-corrected chi connectivity index (χ3v) is 6.75. The smallest absolute Gasteiger partial charge is 0.164 e. The first-order chi connectivity index (χ1) is 34.5. The second-order valence-corrected chi connectivity index (χ2v) is 9.57. The van der Waals surface area contributed by atoms with Crippen molar-refractivity contribution >= 4 is 32.7 Å². The number of aromatic nitrogens is 3. The molecular formula is C43H27N3O. The molecule has 0 unspecified atom stereocenters. The average Bonchev–Trinajstić information content (AvgIpc) is 3.78. The van der Waals surface area contributed by atoms with E-state index in [1.54, 1.807) is 0 Å². The molecule has 0 N–H and O–H groups in total. The molecule has 0 saturated carbocycles. The van der Waals surface area contributed by atoms with Crippen LogP contribution in [0, 0.1) is 0 Å². The van der Waals surface area contributed by atoms with E-state index in [9.17, 15) is 8.22 Å². The van der Waals surface area contributed by atoms with Gasteiger partial charge in [-0.25, -0.2) is 15.0 Å². The molecule has 4 heteroatoms. The predicted octanol–water partition coefficient (Wildman–Crippen LogP) is 11.3. The fraction of sp³-hybridized carbons (Fsp3) is 0. The van der Waals surface area contributed by atoms with Crippen LogP contribution in [0.25, 0.3) is 89.1 Å². The van der Waals surface area contributed by atoms with Gasteiger partial charge in [-0.1, -0.05) is 139 Å². The third-order valence-electron chi connectivity index (χ3n) is 6.75. The van der Waals surface area contributed by atoms with Gasteiger partial charge < -0.3 is 4.42 Å². The number of rotatable bonds is 5. The number of hydrogen-bond donors (Lipinski definition) is 0. The van der Waals surface area contributed by atoms with Gasteiger partial charge in [0, 0.05) is 27.5 Å². The van der Waals surface area contributed by atoms with E-state index in [0.717, 1.165) is 0 Å². The Morgan fingerprint density at radius 1 is 0.362 bits per heavy atom. The first kappa shape index (κ1) is 11.1. The van der Waals surface area contributed by atoms with Crippen LogP contribution >= 0.6 is 0 Å². The number of hydrogen-bond acceptors (Lipinski definition) is 4. The lowest BCUT2D eigenvalue weighted by Crippen LogP contribution is -2.00. The van der Waals surface area contributed by atoms with Gasteiger partial charge in [0.2, 0.25) is 0 Å². The van der Waals surface area contributed by atoms with Crippen LogP contribution in [0.1, 0.15) is 37.0 Å². The number of para-hydroxylation sites is 1. The maximum atomic E-state index is 9.48. The van der Waals surface area contributed by atoms with Crippen LogP contribution in [-0.4, -0.2) is 15.0 Å². The maximum absolute atomic E-state index is 9.48. The Hall–Kier alpha value is -6.39. The molecule has 0 aliphatic rings. The van der Waals surface area contributed by atoms with Gasteiger partial charge in [-0.15, -0.1) is 0 Å². The first-order valence-electron chi connectivity index (χ1n) is 27.0. The van der Waals surface area contributed by atoms with Crippen molar-refractivity contribution in [2.45, 2.75) is 0 Å². The van der Waals surface area contributed by atoms with E-state index in [4.69, 9.17) is 33.2 Å². The summed E-state index contributed by atoms with van der Waals surface area (Å²) in [6.07, 6.45) is 0. The van der Waals surface area contributed by atoms with Gasteiger partial charge in [0.1, 0.15) is 11.2 Å². The van der Waals surface area contributed by atoms with Crippen molar-refractivity contribution < 1.29 is 41.4 Å². The molecule has 220 valence electrons. The van der Waals surface area contributed by atoms with Gasteiger partial charge in [-0.3, -0.25) is 0 Å². The summed E-state index contributed by atoms with van der Waals surface area (Å²) in [5.41, 5.74) is -6.42. The average molecular weight is 629 g/mol. The molecule has 0 aliphatic carbocycles. The zero-order valence-electron chi connectivity index (χ0n) is 50.2. The zero-order valence-corrected chi connectivity index (χ0v) is 23.2. The molecule has 0 radical (unpaired) electrons. The molecule has 0 saturated heterocycles. The summed E-state index contributed by atoms with van der Waals surface area (Å²) in [7, 11) is 0. The van der Waals surface area contributed by atoms with E-state index in [2.05, 4.69) is 15.0 Å². The molecular weight excluding hydrogens is 574 g/mol. The van der Waals surface area contributed by atoms with E-state index in [1.165, 1.54) is 0 Å². The number of nitrogens with zero attached hydrogens (tertiary/aromatic N) is 3. The summed E-state index contributed by atoms with van der Waals surface area (Å²) < 4.78 is 242. The Bertz CT molecular complexity index is 4030. The molecule has 2 heterocycles. The Balaban J connectivity index is 1.41. The predicted molar refractivity (Wildman–Crippen MR) is 192 cm³/mol. The van der Waals surface area contributed by atoms with E-state index in [1.807, 2.05) is 0 Å². The second-order valence-electron chi connectivity index (χ2n) is 9.57. The monoisotopic (exact) mass is 628 g/mol. The summed E-state index contributed by atoms with van der Waals surface area (Å²) in [5, 5.41) is -2.10. The van der Waals surface area contributed by atoms with E-state index < -0.39 is 242 Å². The Morgan fingerprint density at radius 3 is 1.70 bits per heavy atom. The van der Waals surface area contributed by atoms with Crippen LogP contribution in [0.2, 0.25) is 0 Å². The molecule has 9 aromatic rings. The van der Waals surface area contributed by atoms with Crippen LogP contribution in [0.5, 0.6) is 0 Å². The summed E-state index contributed by atoms with van der Waals surface area (Å²) >= 11 is 0. The van der Waals surface area contributed by atoms with Crippen molar-refractivity contribution in [3.05, 3.63) is 163 Å². The van der Waals surface area contributed by atoms with Crippen LogP contribution in [0.3, 0.4) is 0 Å². The highest BCUT2D eigenvalue weighted by atomic mass is 16.3. The summed E-state index contributed by atoms with van der Waals surface area (Å²) in [5.74, 6) is -2.68. The highest BCUT2D eigenvalue weighted by molar-refractivity contribution is 6.06. The molecule has 7 aromatic carbocycles. The topological polar surface area (TPSA) is 51.8 Å². The first-order valence-corrected chi connectivity index (χ1v) is 13.5. The minimum Gasteiger partial charge on any atom is -0.456 e. The highest BCUT2D eigenvalue weighted by Crippen LogP contribution is 2.35. The summed E-state index contributed by atoms with van der Waals surface area (Å²) in [6, 6.07) is -24.1.